The van der Waals surface area contributed by atoms with Crippen LogP contribution in [0.4, 0.5) is 0 Å². The standard InChI is InChI=1S/C68H44N6/c1-5-19-45(20-6-1)58-29-17-31-60(69-58)49-35-37-66-56(41-49)54-27-13-15-33-64(54)73(66)52-39-51(63-44-62(47-23-9-3-10-24-47)71-68(72-63)48-25-11-4-12-26-48)40-53(43-52)74-65-34-16-14-28-55(65)57-42-50(36-38-67(57)74)61-32-18-30-59(70-61)46-21-7-2-8-22-46/h1-44H. The molecule has 9 aromatic carbocycles. The Kier molecular flexibility index (Phi) is 10.4. The highest BCUT2D eigenvalue weighted by Gasteiger charge is 2.21. The molecule has 0 aliphatic heterocycles. The SMILES string of the molecule is c1ccc(-c2cccc(-c3ccc4c(c3)c3ccccc3n4-c3cc(-c4cc(-c5ccccc5)nc(-c5ccccc5)n4)cc(-n4c5ccccc5c5cc(-c6cccc(-c7ccccc7)n6)ccc54)c3)n2)cc1. The molecule has 0 atom stereocenters. The second-order valence-corrected chi connectivity index (χ2v) is 18.6. The fourth-order valence-electron chi connectivity index (χ4n) is 10.6. The molecule has 0 spiro atoms. The van der Waals surface area contributed by atoms with Crippen LogP contribution in [0.25, 0.3) is 134 Å². The van der Waals surface area contributed by atoms with E-state index in [0.29, 0.717) is 5.82 Å². The number of aromatic nitrogens is 6. The van der Waals surface area contributed by atoms with E-state index < -0.39 is 0 Å². The highest BCUT2D eigenvalue weighted by atomic mass is 15.0. The van der Waals surface area contributed by atoms with Gasteiger partial charge in [0.1, 0.15) is 0 Å². The van der Waals surface area contributed by atoms with Gasteiger partial charge in [-0.15, -0.1) is 0 Å². The lowest BCUT2D eigenvalue weighted by atomic mass is 10.0. The van der Waals surface area contributed by atoms with Gasteiger partial charge in [0.15, 0.2) is 5.82 Å². The van der Waals surface area contributed by atoms with E-state index >= 15 is 0 Å². The lowest BCUT2D eigenvalue weighted by Crippen LogP contribution is -2.02. The molecule has 0 fully saturated rings. The Bertz CT molecular complexity index is 4130. The minimum atomic E-state index is 0.664. The molecule has 74 heavy (non-hydrogen) atoms. The van der Waals surface area contributed by atoms with Crippen LogP contribution in [0.15, 0.2) is 267 Å². The van der Waals surface area contributed by atoms with Crippen molar-refractivity contribution < 1.29 is 0 Å². The molecule has 6 heteroatoms. The molecule has 14 rings (SSSR count). The quantitative estimate of drug-likeness (QED) is 0.145. The molecule has 6 nitrogen and oxygen atoms in total. The smallest absolute Gasteiger partial charge is 0.160 e. The molecule has 0 saturated carbocycles. The third kappa shape index (κ3) is 7.61. The van der Waals surface area contributed by atoms with Gasteiger partial charge in [-0.3, -0.25) is 0 Å². The molecule has 5 aromatic heterocycles. The molecule has 0 N–H and O–H groups in total. The first-order chi connectivity index (χ1) is 36.7. The molecule has 0 aliphatic rings. The molecule has 0 saturated heterocycles. The molecule has 0 unspecified atom stereocenters. The van der Waals surface area contributed by atoms with Crippen molar-refractivity contribution in [2.45, 2.75) is 0 Å². The minimum Gasteiger partial charge on any atom is -0.309 e. The molecule has 5 heterocycles. The van der Waals surface area contributed by atoms with Crippen molar-refractivity contribution in [3.8, 4) is 90.3 Å². The van der Waals surface area contributed by atoms with Crippen molar-refractivity contribution in [2.75, 3.05) is 0 Å². The zero-order chi connectivity index (χ0) is 49.0. The Morgan fingerprint density at radius 3 is 1.03 bits per heavy atom. The summed E-state index contributed by atoms with van der Waals surface area (Å²) in [5.41, 5.74) is 19.0. The highest BCUT2D eigenvalue weighted by Crippen LogP contribution is 2.41. The van der Waals surface area contributed by atoms with Crippen molar-refractivity contribution in [3.63, 3.8) is 0 Å². The first-order valence-corrected chi connectivity index (χ1v) is 25.0. The maximum Gasteiger partial charge on any atom is 0.160 e. The third-order valence-electron chi connectivity index (χ3n) is 14.1. The molecule has 0 radical (unpaired) electrons. The second-order valence-electron chi connectivity index (χ2n) is 18.6. The molecule has 0 bridgehead atoms. The summed E-state index contributed by atoms with van der Waals surface area (Å²) in [6.45, 7) is 0. The van der Waals surface area contributed by atoms with Crippen LogP contribution in [-0.4, -0.2) is 29.1 Å². The van der Waals surface area contributed by atoms with E-state index in [-0.39, 0.29) is 0 Å². The van der Waals surface area contributed by atoms with E-state index in [1.165, 1.54) is 0 Å². The number of hydrogen-bond acceptors (Lipinski definition) is 4. The number of rotatable bonds is 9. The maximum absolute atomic E-state index is 5.40. The number of para-hydroxylation sites is 2. The molecule has 14 aromatic rings. The Morgan fingerprint density at radius 1 is 0.203 bits per heavy atom. The molecular weight excluding hydrogens is 901 g/mol. The lowest BCUT2D eigenvalue weighted by molar-refractivity contribution is 1.13. The number of hydrogen-bond donors (Lipinski definition) is 0. The first kappa shape index (κ1) is 42.8. The van der Waals surface area contributed by atoms with Crippen molar-refractivity contribution in [1.29, 1.82) is 0 Å². The number of fused-ring (bicyclic) bond motifs is 6. The summed E-state index contributed by atoms with van der Waals surface area (Å²) in [7, 11) is 0. The predicted octanol–water partition coefficient (Wildman–Crippen LogP) is 17.1. The monoisotopic (exact) mass is 944 g/mol. The van der Waals surface area contributed by atoms with Crippen molar-refractivity contribution >= 4 is 43.6 Å². The van der Waals surface area contributed by atoms with Gasteiger partial charge in [0, 0.05) is 71.9 Å². The average Bonchev–Trinajstić information content (AvgIpc) is 4.00. The summed E-state index contributed by atoms with van der Waals surface area (Å²) in [5.74, 6) is 0.664. The van der Waals surface area contributed by atoms with Crippen LogP contribution in [0.2, 0.25) is 0 Å². The van der Waals surface area contributed by atoms with Gasteiger partial charge in [-0.25, -0.2) is 19.9 Å². The van der Waals surface area contributed by atoms with Gasteiger partial charge < -0.3 is 9.13 Å². The van der Waals surface area contributed by atoms with E-state index in [1.54, 1.807) is 0 Å². The highest BCUT2D eigenvalue weighted by molar-refractivity contribution is 6.12. The lowest BCUT2D eigenvalue weighted by Gasteiger charge is -2.16. The first-order valence-electron chi connectivity index (χ1n) is 25.0. The zero-order valence-electron chi connectivity index (χ0n) is 40.1. The Morgan fingerprint density at radius 2 is 0.568 bits per heavy atom. The van der Waals surface area contributed by atoms with Crippen LogP contribution < -0.4 is 0 Å². The zero-order valence-corrected chi connectivity index (χ0v) is 40.1. The van der Waals surface area contributed by atoms with E-state index in [2.05, 4.69) is 240 Å². The van der Waals surface area contributed by atoms with Crippen molar-refractivity contribution in [1.82, 2.24) is 29.1 Å². The second kappa shape index (κ2) is 18.0. The normalized spacial score (nSPS) is 11.5. The average molecular weight is 945 g/mol. The molecular formula is C68H44N6. The number of benzene rings is 9. The van der Waals surface area contributed by atoms with Crippen LogP contribution in [0, 0.1) is 0 Å². The van der Waals surface area contributed by atoms with E-state index in [4.69, 9.17) is 19.9 Å². The summed E-state index contributed by atoms with van der Waals surface area (Å²) in [6.07, 6.45) is 0. The van der Waals surface area contributed by atoms with Crippen LogP contribution in [0.5, 0.6) is 0 Å². The van der Waals surface area contributed by atoms with E-state index in [0.717, 1.165) is 128 Å². The van der Waals surface area contributed by atoms with Gasteiger partial charge in [-0.1, -0.05) is 182 Å². The summed E-state index contributed by atoms with van der Waals surface area (Å²) in [6, 6.07) is 94.0. The Labute approximate surface area is 427 Å². The maximum atomic E-state index is 5.40. The topological polar surface area (TPSA) is 61.4 Å². The molecule has 0 amide bonds. The Hall–Kier alpha value is -10.0. The summed E-state index contributed by atoms with van der Waals surface area (Å²) >= 11 is 0. The fourth-order valence-corrected chi connectivity index (χ4v) is 10.6. The van der Waals surface area contributed by atoms with Crippen LogP contribution >= 0.6 is 0 Å². The largest absolute Gasteiger partial charge is 0.309 e. The summed E-state index contributed by atoms with van der Waals surface area (Å²) < 4.78 is 4.81. The van der Waals surface area contributed by atoms with Gasteiger partial charge in [0.05, 0.1) is 56.2 Å². The summed E-state index contributed by atoms with van der Waals surface area (Å²) in [4.78, 5) is 20.9. The minimum absolute atomic E-state index is 0.664. The van der Waals surface area contributed by atoms with Crippen molar-refractivity contribution in [2.24, 2.45) is 0 Å². The Balaban J connectivity index is 1.00. The van der Waals surface area contributed by atoms with Gasteiger partial charge in [-0.05, 0) is 84.9 Å². The van der Waals surface area contributed by atoms with Crippen LogP contribution in [0.1, 0.15) is 0 Å². The number of nitrogens with zero attached hydrogens (tertiary/aromatic N) is 6. The van der Waals surface area contributed by atoms with Gasteiger partial charge in [0.2, 0.25) is 0 Å². The van der Waals surface area contributed by atoms with Crippen molar-refractivity contribution in [3.05, 3.63) is 267 Å². The molecule has 0 aliphatic carbocycles. The van der Waals surface area contributed by atoms with Gasteiger partial charge in [0.25, 0.3) is 0 Å². The predicted molar refractivity (Wildman–Crippen MR) is 304 cm³/mol. The van der Waals surface area contributed by atoms with Gasteiger partial charge in [-0.2, -0.15) is 0 Å². The fraction of sp³-hybridized carbons (Fsp3) is 0. The van der Waals surface area contributed by atoms with Crippen LogP contribution in [0.3, 0.4) is 0 Å². The third-order valence-corrected chi connectivity index (χ3v) is 14.1. The molecule has 346 valence electrons. The van der Waals surface area contributed by atoms with E-state index in [1.807, 2.05) is 36.4 Å². The summed E-state index contributed by atoms with van der Waals surface area (Å²) in [5, 5.41) is 4.60. The van der Waals surface area contributed by atoms with E-state index in [9.17, 15) is 0 Å². The number of pyridine rings is 2. The van der Waals surface area contributed by atoms with Crippen LogP contribution in [-0.2, 0) is 0 Å². The van der Waals surface area contributed by atoms with Gasteiger partial charge >= 0.3 is 0 Å².